The Morgan fingerprint density at radius 1 is 0.279 bits per heavy atom. The van der Waals surface area contributed by atoms with Crippen LogP contribution in [-0.4, -0.2) is 4.98 Å². The minimum atomic E-state index is 0.937. The zero-order chi connectivity index (χ0) is 45.2. The van der Waals surface area contributed by atoms with Crippen molar-refractivity contribution in [3.05, 3.63) is 266 Å². The molecule has 1 aromatic heterocycles. The summed E-state index contributed by atoms with van der Waals surface area (Å²) in [5.41, 5.74) is 23.6. The number of fused-ring (bicyclic) bond motifs is 2. The van der Waals surface area contributed by atoms with E-state index < -0.39 is 0 Å². The lowest BCUT2D eigenvalue weighted by Crippen LogP contribution is -1.96. The Hall–Kier alpha value is -8.65. The molecule has 0 atom stereocenters. The van der Waals surface area contributed by atoms with Gasteiger partial charge in [-0.3, -0.25) is 0 Å². The van der Waals surface area contributed by atoms with Crippen LogP contribution in [0.1, 0.15) is 17.5 Å². The number of rotatable bonds is 9. The zero-order valence-electron chi connectivity index (χ0n) is 37.7. The van der Waals surface area contributed by atoms with Crippen molar-refractivity contribution in [3.63, 3.8) is 0 Å². The van der Waals surface area contributed by atoms with Crippen LogP contribution in [0.4, 0.5) is 0 Å². The van der Waals surface area contributed by atoms with Crippen molar-refractivity contribution < 1.29 is 0 Å². The molecule has 1 aliphatic rings. The lowest BCUT2D eigenvalue weighted by molar-refractivity contribution is 0.986. The van der Waals surface area contributed by atoms with Gasteiger partial charge in [0.25, 0.3) is 0 Å². The highest BCUT2D eigenvalue weighted by molar-refractivity contribution is 5.97. The van der Waals surface area contributed by atoms with Crippen LogP contribution in [-0.2, 0) is 6.42 Å². The van der Waals surface area contributed by atoms with Crippen LogP contribution < -0.4 is 0 Å². The topological polar surface area (TPSA) is 12.9 Å². The van der Waals surface area contributed by atoms with Crippen molar-refractivity contribution in [1.29, 1.82) is 0 Å². The predicted octanol–water partition coefficient (Wildman–Crippen LogP) is 18.2. The number of nitrogens with zero attached hydrogens (tertiary/aromatic N) is 1. The summed E-state index contributed by atoms with van der Waals surface area (Å²) >= 11 is 0. The highest BCUT2D eigenvalue weighted by atomic mass is 14.7. The molecule has 0 N–H and O–H groups in total. The van der Waals surface area contributed by atoms with Gasteiger partial charge in [0.05, 0.1) is 11.4 Å². The van der Waals surface area contributed by atoms with Crippen molar-refractivity contribution in [1.82, 2.24) is 4.98 Å². The average Bonchev–Trinajstić information content (AvgIpc) is 3.43. The van der Waals surface area contributed by atoms with Crippen LogP contribution in [0.5, 0.6) is 0 Å². The van der Waals surface area contributed by atoms with Crippen molar-refractivity contribution >= 4 is 16.8 Å². The van der Waals surface area contributed by atoms with Crippen molar-refractivity contribution in [2.45, 2.75) is 12.8 Å². The molecule has 0 radical (unpaired) electrons. The van der Waals surface area contributed by atoms with Crippen LogP contribution in [0.25, 0.3) is 117 Å². The molecule has 68 heavy (non-hydrogen) atoms. The van der Waals surface area contributed by atoms with E-state index in [9.17, 15) is 0 Å². The fraction of sp³-hybridized carbons (Fsp3) is 0.0299. The first-order chi connectivity index (χ1) is 33.7. The number of aryl methyl sites for hydroxylation is 1. The lowest BCUT2D eigenvalue weighted by Gasteiger charge is -2.15. The molecule has 0 saturated heterocycles. The third-order valence-corrected chi connectivity index (χ3v) is 13.6. The van der Waals surface area contributed by atoms with Crippen molar-refractivity contribution in [2.75, 3.05) is 0 Å². The molecule has 0 unspecified atom stereocenters. The number of aromatic nitrogens is 1. The molecule has 1 heteroatoms. The van der Waals surface area contributed by atoms with Crippen LogP contribution in [0.15, 0.2) is 255 Å². The molecule has 0 amide bonds. The summed E-state index contributed by atoms with van der Waals surface area (Å²) in [5, 5.41) is 2.53. The smallest absolute Gasteiger partial charge is 0.0715 e. The molecule has 0 spiro atoms. The summed E-state index contributed by atoms with van der Waals surface area (Å²) in [7, 11) is 0. The molecule has 1 nitrogen and oxygen atoms in total. The number of pyridine rings is 1. The quantitative estimate of drug-likeness (QED) is 0.141. The second-order valence-corrected chi connectivity index (χ2v) is 17.8. The monoisotopic (exact) mass is 865 g/mol. The zero-order valence-corrected chi connectivity index (χ0v) is 37.7. The summed E-state index contributed by atoms with van der Waals surface area (Å²) in [4.78, 5) is 5.32. The largest absolute Gasteiger partial charge is 0.248 e. The molecule has 12 rings (SSSR count). The summed E-state index contributed by atoms with van der Waals surface area (Å²) < 4.78 is 0. The first-order valence-corrected chi connectivity index (χ1v) is 23.6. The number of benzene rings is 10. The van der Waals surface area contributed by atoms with Gasteiger partial charge in [-0.1, -0.05) is 224 Å². The molecular formula is C67H47N. The lowest BCUT2D eigenvalue weighted by atomic mass is 9.89. The average molecular weight is 866 g/mol. The SMILES string of the molecule is C1=Cc2c(cccc2-c2ccc(-c3cccc(-c4cccc(-c5cc(-c6cccc(-c7cccc(-c8ccc(-c9cccc%10ccccc9%10)cc8)c7)c6)cc(-c6ccccc6)n5)c4)c3)cc2)CC1. The van der Waals surface area contributed by atoms with Crippen molar-refractivity contribution in [2.24, 2.45) is 0 Å². The third kappa shape index (κ3) is 8.16. The highest BCUT2D eigenvalue weighted by Crippen LogP contribution is 2.38. The Morgan fingerprint density at radius 3 is 1.34 bits per heavy atom. The fourth-order valence-corrected chi connectivity index (χ4v) is 9.98. The molecule has 11 aromatic rings. The van der Waals surface area contributed by atoms with Crippen LogP contribution in [0.2, 0.25) is 0 Å². The predicted molar refractivity (Wildman–Crippen MR) is 288 cm³/mol. The maximum atomic E-state index is 5.32. The van der Waals surface area contributed by atoms with Gasteiger partial charge in [-0.2, -0.15) is 0 Å². The molecule has 0 saturated carbocycles. The van der Waals surface area contributed by atoms with Gasteiger partial charge in [0.1, 0.15) is 0 Å². The second-order valence-electron chi connectivity index (χ2n) is 17.8. The van der Waals surface area contributed by atoms with Gasteiger partial charge in [-0.25, -0.2) is 4.98 Å². The summed E-state index contributed by atoms with van der Waals surface area (Å²) in [6.07, 6.45) is 6.81. The second kappa shape index (κ2) is 18.0. The summed E-state index contributed by atoms with van der Waals surface area (Å²) in [5.74, 6) is 0. The van der Waals surface area contributed by atoms with E-state index in [0.29, 0.717) is 0 Å². The van der Waals surface area contributed by atoms with Crippen LogP contribution in [0, 0.1) is 0 Å². The Bertz CT molecular complexity index is 3650. The van der Waals surface area contributed by atoms with Gasteiger partial charge in [0.2, 0.25) is 0 Å². The molecule has 320 valence electrons. The van der Waals surface area contributed by atoms with Gasteiger partial charge in [-0.15, -0.1) is 0 Å². The minimum absolute atomic E-state index is 0.937. The van der Waals surface area contributed by atoms with E-state index in [1.807, 2.05) is 0 Å². The van der Waals surface area contributed by atoms with Gasteiger partial charge in [0.15, 0.2) is 0 Å². The van der Waals surface area contributed by atoms with E-state index in [4.69, 9.17) is 4.98 Å². The molecule has 0 bridgehead atoms. The third-order valence-electron chi connectivity index (χ3n) is 13.6. The standard InChI is InChI=1S/C67H47N/c1-2-16-52(17-3-1)66-44-61(59-26-10-24-57(42-59)55-22-8-20-53(40-55)46-32-36-50(37-33-46)64-30-12-18-48-14-4-6-28-62(48)64)45-67(68-66)60-27-11-25-58(43-60)56-23-9-21-54(41-56)47-34-38-51(39-35-47)65-31-13-19-49-15-5-7-29-63(49)65/h1-4,6-14,16-45H,5,15H2. The fourth-order valence-electron chi connectivity index (χ4n) is 9.98. The molecule has 0 aliphatic heterocycles. The summed E-state index contributed by atoms with van der Waals surface area (Å²) in [6.45, 7) is 0. The molecular weight excluding hydrogens is 819 g/mol. The first kappa shape index (κ1) is 40.8. The van der Waals surface area contributed by atoms with Gasteiger partial charge in [0, 0.05) is 11.1 Å². The van der Waals surface area contributed by atoms with E-state index in [2.05, 4.69) is 261 Å². The number of allylic oxidation sites excluding steroid dienone is 1. The Balaban J connectivity index is 0.847. The van der Waals surface area contributed by atoms with Gasteiger partial charge < -0.3 is 0 Å². The molecule has 1 heterocycles. The Kier molecular flexibility index (Phi) is 10.8. The first-order valence-electron chi connectivity index (χ1n) is 23.6. The van der Waals surface area contributed by atoms with E-state index in [1.165, 1.54) is 83.1 Å². The van der Waals surface area contributed by atoms with Gasteiger partial charge >= 0.3 is 0 Å². The van der Waals surface area contributed by atoms with E-state index in [0.717, 1.165) is 52.0 Å². The van der Waals surface area contributed by atoms with Gasteiger partial charge in [-0.05, 0) is 149 Å². The van der Waals surface area contributed by atoms with E-state index in [1.54, 1.807) is 0 Å². The molecule has 10 aromatic carbocycles. The number of hydrogen-bond donors (Lipinski definition) is 0. The minimum Gasteiger partial charge on any atom is -0.248 e. The van der Waals surface area contributed by atoms with E-state index >= 15 is 0 Å². The van der Waals surface area contributed by atoms with E-state index in [-0.39, 0.29) is 0 Å². The summed E-state index contributed by atoms with van der Waals surface area (Å²) in [6, 6.07) is 90.4. The van der Waals surface area contributed by atoms with Crippen LogP contribution >= 0.6 is 0 Å². The maximum Gasteiger partial charge on any atom is 0.0715 e. The highest BCUT2D eigenvalue weighted by Gasteiger charge is 2.14. The maximum absolute atomic E-state index is 5.32. The van der Waals surface area contributed by atoms with Crippen LogP contribution in [0.3, 0.4) is 0 Å². The number of hydrogen-bond acceptors (Lipinski definition) is 1. The van der Waals surface area contributed by atoms with Crippen molar-refractivity contribution in [3.8, 4) is 100 Å². The Labute approximate surface area is 399 Å². The molecule has 0 fully saturated rings. The molecule has 1 aliphatic carbocycles. The Morgan fingerprint density at radius 2 is 0.706 bits per heavy atom. The normalized spacial score (nSPS) is 11.9.